The zero-order chi connectivity index (χ0) is 18.4. The summed E-state index contributed by atoms with van der Waals surface area (Å²) in [5, 5.41) is 2.65. The van der Waals surface area contributed by atoms with Gasteiger partial charge in [-0.1, -0.05) is 19.9 Å². The smallest absolute Gasteiger partial charge is 0.225 e. The van der Waals surface area contributed by atoms with Crippen LogP contribution in [0.1, 0.15) is 25.8 Å². The molecule has 1 N–H and O–H groups in total. The van der Waals surface area contributed by atoms with Crippen LogP contribution in [-0.4, -0.2) is 54.7 Å². The highest BCUT2D eigenvalue weighted by molar-refractivity contribution is 7.91. The molecule has 0 spiro atoms. The van der Waals surface area contributed by atoms with Crippen LogP contribution in [0.2, 0.25) is 0 Å². The number of carbonyl (C=O) groups excluding carboxylic acids is 2. The van der Waals surface area contributed by atoms with E-state index in [1.807, 2.05) is 19.9 Å². The molecule has 2 heterocycles. The molecule has 25 heavy (non-hydrogen) atoms. The van der Waals surface area contributed by atoms with Gasteiger partial charge in [-0.25, -0.2) is 8.42 Å². The predicted molar refractivity (Wildman–Crippen MR) is 94.3 cm³/mol. The van der Waals surface area contributed by atoms with Gasteiger partial charge >= 0.3 is 0 Å². The summed E-state index contributed by atoms with van der Waals surface area (Å²) >= 11 is 0. The highest BCUT2D eigenvalue weighted by Crippen LogP contribution is 2.20. The first-order valence-electron chi connectivity index (χ1n) is 8.41. The number of nitrogens with one attached hydrogen (secondary N) is 1. The molecule has 0 radical (unpaired) electrons. The van der Waals surface area contributed by atoms with E-state index in [4.69, 9.17) is 0 Å². The Balaban J connectivity index is 1.80. The lowest BCUT2D eigenvalue weighted by atomic mass is 10.1. The fourth-order valence-corrected chi connectivity index (χ4v) is 4.47. The monoisotopic (exact) mass is 367 g/mol. The second-order valence-corrected chi connectivity index (χ2v) is 9.06. The molecule has 0 aromatic carbocycles. The van der Waals surface area contributed by atoms with Crippen molar-refractivity contribution in [3.05, 3.63) is 30.1 Å². The summed E-state index contributed by atoms with van der Waals surface area (Å²) in [6, 6.07) is 3.69. The van der Waals surface area contributed by atoms with E-state index < -0.39 is 15.8 Å². The molecular weight excluding hydrogens is 342 g/mol. The zero-order valence-corrected chi connectivity index (χ0v) is 15.5. The maximum absolute atomic E-state index is 12.2. The molecule has 1 fully saturated rings. The van der Waals surface area contributed by atoms with Gasteiger partial charge in [-0.15, -0.1) is 0 Å². The van der Waals surface area contributed by atoms with Crippen LogP contribution >= 0.6 is 0 Å². The second-order valence-electron chi connectivity index (χ2n) is 6.84. The first kappa shape index (κ1) is 19.4. The molecule has 0 unspecified atom stereocenters. The van der Waals surface area contributed by atoms with E-state index in [1.54, 1.807) is 23.4 Å². The first-order valence-corrected chi connectivity index (χ1v) is 10.2. The van der Waals surface area contributed by atoms with Gasteiger partial charge in [-0.05, 0) is 17.5 Å². The number of hydrogen-bond acceptors (Lipinski definition) is 5. The summed E-state index contributed by atoms with van der Waals surface area (Å²) in [7, 11) is -3.16. The molecule has 0 aliphatic carbocycles. The molecule has 7 nitrogen and oxygen atoms in total. The van der Waals surface area contributed by atoms with E-state index in [0.717, 1.165) is 5.56 Å². The van der Waals surface area contributed by atoms with Crippen molar-refractivity contribution < 1.29 is 18.0 Å². The van der Waals surface area contributed by atoms with E-state index in [0.29, 0.717) is 13.1 Å². The lowest BCUT2D eigenvalue weighted by Crippen LogP contribution is -2.36. The van der Waals surface area contributed by atoms with Crippen molar-refractivity contribution in [1.29, 1.82) is 0 Å². The Morgan fingerprint density at radius 1 is 1.44 bits per heavy atom. The highest BCUT2D eigenvalue weighted by atomic mass is 32.2. The Hall–Kier alpha value is -1.96. The van der Waals surface area contributed by atoms with Crippen LogP contribution in [0.15, 0.2) is 24.5 Å². The molecule has 138 valence electrons. The minimum Gasteiger partial charge on any atom is -0.355 e. The average molecular weight is 367 g/mol. The summed E-state index contributed by atoms with van der Waals surface area (Å²) in [6.45, 7) is 4.55. The van der Waals surface area contributed by atoms with E-state index in [9.17, 15) is 18.0 Å². The van der Waals surface area contributed by atoms with Crippen LogP contribution in [0.5, 0.6) is 0 Å². The second kappa shape index (κ2) is 8.42. The lowest BCUT2D eigenvalue weighted by Gasteiger charge is -2.16. The largest absolute Gasteiger partial charge is 0.355 e. The van der Waals surface area contributed by atoms with E-state index in [-0.39, 0.29) is 42.2 Å². The fourth-order valence-electron chi connectivity index (χ4n) is 2.88. The molecule has 1 aliphatic heterocycles. The van der Waals surface area contributed by atoms with Gasteiger partial charge in [0, 0.05) is 38.4 Å². The number of carbonyl (C=O) groups is 2. The normalized spacial score (nSPS) is 18.0. The number of likely N-dealkylation sites (tertiary alicyclic amines) is 1. The summed E-state index contributed by atoms with van der Waals surface area (Å²) in [5.74, 6) is -0.662. The van der Waals surface area contributed by atoms with Crippen molar-refractivity contribution in [1.82, 2.24) is 15.2 Å². The number of nitrogens with zero attached hydrogens (tertiary/aromatic N) is 2. The SMILES string of the molecule is CC(C)CS(=O)(=O)CCNC(=O)[C@@H]1CC(=O)N(Cc2cccnc2)C1. The van der Waals surface area contributed by atoms with Crippen LogP contribution in [0.3, 0.4) is 0 Å². The minimum absolute atomic E-state index is 0.0641. The highest BCUT2D eigenvalue weighted by Gasteiger charge is 2.34. The maximum Gasteiger partial charge on any atom is 0.225 e. The Kier molecular flexibility index (Phi) is 6.52. The van der Waals surface area contributed by atoms with Crippen molar-refractivity contribution >= 4 is 21.7 Å². The number of amides is 2. The Bertz CT molecular complexity index is 704. The van der Waals surface area contributed by atoms with Gasteiger partial charge in [0.2, 0.25) is 11.8 Å². The Labute approximate surface area is 148 Å². The van der Waals surface area contributed by atoms with Crippen LogP contribution in [0, 0.1) is 11.8 Å². The average Bonchev–Trinajstić information content (AvgIpc) is 2.88. The molecular formula is C17H25N3O4S. The molecule has 0 bridgehead atoms. The predicted octanol–water partition coefficient (Wildman–Crippen LogP) is 0.617. The van der Waals surface area contributed by atoms with Gasteiger partial charge in [-0.3, -0.25) is 14.6 Å². The van der Waals surface area contributed by atoms with Crippen LogP contribution in [0.4, 0.5) is 0 Å². The minimum atomic E-state index is -3.16. The molecule has 1 saturated heterocycles. The van der Waals surface area contributed by atoms with Crippen LogP contribution in [0.25, 0.3) is 0 Å². The summed E-state index contributed by atoms with van der Waals surface area (Å²) in [4.78, 5) is 29.9. The number of hydrogen-bond donors (Lipinski definition) is 1. The first-order chi connectivity index (χ1) is 11.8. The van der Waals surface area contributed by atoms with E-state index in [1.165, 1.54) is 0 Å². The zero-order valence-electron chi connectivity index (χ0n) is 14.6. The number of rotatable bonds is 8. The summed E-state index contributed by atoms with van der Waals surface area (Å²) < 4.78 is 23.7. The van der Waals surface area contributed by atoms with Gasteiger partial charge in [0.25, 0.3) is 0 Å². The molecule has 1 aromatic heterocycles. The number of sulfone groups is 1. The molecule has 8 heteroatoms. The van der Waals surface area contributed by atoms with Crippen LogP contribution in [-0.2, 0) is 26.0 Å². The van der Waals surface area contributed by atoms with Crippen LogP contribution < -0.4 is 5.32 Å². The molecule has 1 atom stereocenters. The molecule has 1 aromatic rings. The third-order valence-electron chi connectivity index (χ3n) is 3.98. The standard InChI is InChI=1S/C17H25N3O4S/c1-13(2)12-25(23,24)7-6-19-17(22)15-8-16(21)20(11-15)10-14-4-3-5-18-9-14/h3-5,9,13,15H,6-8,10-12H2,1-2H3,(H,19,22)/t15-/m1/s1. The Morgan fingerprint density at radius 2 is 2.20 bits per heavy atom. The molecule has 0 saturated carbocycles. The maximum atomic E-state index is 12.2. The third-order valence-corrected chi connectivity index (χ3v) is 5.98. The summed E-state index contributed by atoms with van der Waals surface area (Å²) in [6.07, 6.45) is 3.52. The fraction of sp³-hybridized carbons (Fsp3) is 0.588. The molecule has 2 amide bonds. The van der Waals surface area contributed by atoms with Crippen molar-refractivity contribution in [3.8, 4) is 0 Å². The van der Waals surface area contributed by atoms with Crippen molar-refractivity contribution in [3.63, 3.8) is 0 Å². The van der Waals surface area contributed by atoms with Gasteiger partial charge in [0.15, 0.2) is 9.84 Å². The van der Waals surface area contributed by atoms with Gasteiger partial charge in [0.05, 0.1) is 17.4 Å². The molecule has 2 rings (SSSR count). The molecule has 1 aliphatic rings. The van der Waals surface area contributed by atoms with Crippen molar-refractivity contribution in [2.24, 2.45) is 11.8 Å². The number of aromatic nitrogens is 1. The van der Waals surface area contributed by atoms with Crippen molar-refractivity contribution in [2.75, 3.05) is 24.6 Å². The van der Waals surface area contributed by atoms with Crippen molar-refractivity contribution in [2.45, 2.75) is 26.8 Å². The van der Waals surface area contributed by atoms with Gasteiger partial charge in [-0.2, -0.15) is 0 Å². The van der Waals surface area contributed by atoms with Gasteiger partial charge < -0.3 is 10.2 Å². The topological polar surface area (TPSA) is 96.4 Å². The number of pyridine rings is 1. The lowest BCUT2D eigenvalue weighted by molar-refractivity contribution is -0.129. The summed E-state index contributed by atoms with van der Waals surface area (Å²) in [5.41, 5.74) is 0.914. The third kappa shape index (κ3) is 6.12. The van der Waals surface area contributed by atoms with E-state index >= 15 is 0 Å². The Morgan fingerprint density at radius 3 is 2.84 bits per heavy atom. The quantitative estimate of drug-likeness (QED) is 0.726. The van der Waals surface area contributed by atoms with E-state index in [2.05, 4.69) is 10.3 Å². The van der Waals surface area contributed by atoms with Gasteiger partial charge in [0.1, 0.15) is 0 Å².